The summed E-state index contributed by atoms with van der Waals surface area (Å²) < 4.78 is 32.8. The third kappa shape index (κ3) is 3.58. The van der Waals surface area contributed by atoms with Crippen LogP contribution >= 0.6 is 11.6 Å². The number of hydrogen-bond donors (Lipinski definition) is 1. The van der Waals surface area contributed by atoms with Gasteiger partial charge in [-0.05, 0) is 36.8 Å². The number of phenolic OH excluding ortho intramolecular Hbond substituents is 1. The Kier molecular flexibility index (Phi) is 4.73. The number of benzene rings is 2. The van der Waals surface area contributed by atoms with Gasteiger partial charge in [0.15, 0.2) is 11.5 Å². The van der Waals surface area contributed by atoms with Gasteiger partial charge in [-0.25, -0.2) is 0 Å². The van der Waals surface area contributed by atoms with Crippen LogP contribution in [0.15, 0.2) is 45.7 Å². The minimum absolute atomic E-state index is 0.0496. The molecule has 2 rings (SSSR count). The van der Waals surface area contributed by atoms with Gasteiger partial charge in [0.25, 0.3) is 10.0 Å². The summed E-state index contributed by atoms with van der Waals surface area (Å²) in [6.07, 6.45) is 1.16. The van der Waals surface area contributed by atoms with E-state index in [0.717, 1.165) is 11.8 Å². The van der Waals surface area contributed by atoms with Crippen molar-refractivity contribution in [1.82, 2.24) is 0 Å². The Bertz CT molecular complexity index is 814. The molecule has 0 amide bonds. The average Bonchev–Trinajstić information content (AvgIpc) is 2.49. The largest absolute Gasteiger partial charge is 0.503 e. The van der Waals surface area contributed by atoms with E-state index in [2.05, 4.69) is 4.40 Å². The molecule has 0 fully saturated rings. The lowest BCUT2D eigenvalue weighted by atomic mass is 10.2. The SMILES string of the molecule is COc1cc(/C=N\S(=O)(=O)c2ccc(C)cc2)cc(Cl)c1O. The Hall–Kier alpha value is -2.05. The molecule has 5 nitrogen and oxygen atoms in total. The lowest BCUT2D eigenvalue weighted by Crippen LogP contribution is -1.98. The zero-order valence-electron chi connectivity index (χ0n) is 11.9. The lowest BCUT2D eigenvalue weighted by molar-refractivity contribution is 0.373. The molecular weight excluding hydrogens is 326 g/mol. The van der Waals surface area contributed by atoms with Gasteiger partial charge in [0, 0.05) is 6.21 Å². The first-order valence-corrected chi connectivity index (χ1v) is 8.09. The predicted molar refractivity (Wildman–Crippen MR) is 85.6 cm³/mol. The fourth-order valence-electron chi connectivity index (χ4n) is 1.73. The van der Waals surface area contributed by atoms with Crippen molar-refractivity contribution in [2.75, 3.05) is 7.11 Å². The number of ether oxygens (including phenoxy) is 1. The first-order chi connectivity index (χ1) is 10.3. The van der Waals surface area contributed by atoms with Crippen molar-refractivity contribution in [2.24, 2.45) is 4.40 Å². The Labute approximate surface area is 133 Å². The highest BCUT2D eigenvalue weighted by molar-refractivity contribution is 7.90. The van der Waals surface area contributed by atoms with Crippen LogP contribution in [-0.2, 0) is 10.0 Å². The van der Waals surface area contributed by atoms with Crippen LogP contribution in [0.5, 0.6) is 11.5 Å². The average molecular weight is 340 g/mol. The van der Waals surface area contributed by atoms with E-state index in [1.54, 1.807) is 12.1 Å². The number of aryl methyl sites for hydroxylation is 1. The summed E-state index contributed by atoms with van der Waals surface area (Å²) >= 11 is 5.84. The number of nitrogens with zero attached hydrogens (tertiary/aromatic N) is 1. The van der Waals surface area contributed by atoms with E-state index in [1.807, 2.05) is 6.92 Å². The van der Waals surface area contributed by atoms with Crippen molar-refractivity contribution in [3.8, 4) is 11.5 Å². The van der Waals surface area contributed by atoms with Crippen molar-refractivity contribution < 1.29 is 18.3 Å². The summed E-state index contributed by atoms with van der Waals surface area (Å²) in [6, 6.07) is 9.22. The second kappa shape index (κ2) is 6.37. The van der Waals surface area contributed by atoms with Gasteiger partial charge in [-0.2, -0.15) is 12.8 Å². The van der Waals surface area contributed by atoms with Gasteiger partial charge >= 0.3 is 0 Å². The van der Waals surface area contributed by atoms with Crippen molar-refractivity contribution in [2.45, 2.75) is 11.8 Å². The molecule has 0 saturated carbocycles. The van der Waals surface area contributed by atoms with Crippen LogP contribution in [0.2, 0.25) is 5.02 Å². The first kappa shape index (κ1) is 16.3. The second-order valence-corrected chi connectivity index (χ2v) is 6.62. The summed E-state index contributed by atoms with van der Waals surface area (Å²) in [7, 11) is -2.42. The molecule has 1 N–H and O–H groups in total. The Morgan fingerprint density at radius 1 is 1.23 bits per heavy atom. The summed E-state index contributed by atoms with van der Waals surface area (Å²) in [4.78, 5) is 0.103. The molecule has 2 aromatic carbocycles. The molecule has 116 valence electrons. The van der Waals surface area contributed by atoms with E-state index in [0.29, 0.717) is 5.56 Å². The van der Waals surface area contributed by atoms with Gasteiger partial charge < -0.3 is 9.84 Å². The number of methoxy groups -OCH3 is 1. The predicted octanol–water partition coefficient (Wildman–Crippen LogP) is 3.17. The van der Waals surface area contributed by atoms with Crippen LogP contribution in [0.1, 0.15) is 11.1 Å². The molecule has 0 aliphatic rings. The van der Waals surface area contributed by atoms with Gasteiger partial charge in [-0.15, -0.1) is 0 Å². The van der Waals surface area contributed by atoms with Crippen LogP contribution in [-0.4, -0.2) is 26.8 Å². The molecule has 2 aromatic rings. The maximum Gasteiger partial charge on any atom is 0.282 e. The molecule has 0 bridgehead atoms. The molecule has 0 aliphatic carbocycles. The highest BCUT2D eigenvalue weighted by atomic mass is 35.5. The van der Waals surface area contributed by atoms with E-state index in [4.69, 9.17) is 16.3 Å². The van der Waals surface area contributed by atoms with Gasteiger partial charge in [0.05, 0.1) is 17.0 Å². The fraction of sp³-hybridized carbons (Fsp3) is 0.133. The van der Waals surface area contributed by atoms with Crippen LogP contribution < -0.4 is 4.74 Å². The number of hydrogen-bond acceptors (Lipinski definition) is 4. The zero-order chi connectivity index (χ0) is 16.3. The third-order valence-corrected chi connectivity index (χ3v) is 4.47. The summed E-state index contributed by atoms with van der Waals surface area (Å²) in [5.74, 6) is -0.0654. The Morgan fingerprint density at radius 2 is 1.86 bits per heavy atom. The van der Waals surface area contributed by atoms with E-state index >= 15 is 0 Å². The smallest absolute Gasteiger partial charge is 0.282 e. The normalized spacial score (nSPS) is 11.8. The molecule has 0 atom stereocenters. The molecule has 22 heavy (non-hydrogen) atoms. The Morgan fingerprint density at radius 3 is 2.45 bits per heavy atom. The van der Waals surface area contributed by atoms with E-state index in [-0.39, 0.29) is 21.4 Å². The molecule has 7 heteroatoms. The molecule has 0 aliphatic heterocycles. The zero-order valence-corrected chi connectivity index (χ0v) is 13.5. The molecule has 0 aromatic heterocycles. The maximum atomic E-state index is 12.1. The van der Waals surface area contributed by atoms with Gasteiger partial charge in [-0.3, -0.25) is 0 Å². The molecule has 0 spiro atoms. The number of sulfonamides is 1. The molecule has 0 saturated heterocycles. The van der Waals surface area contributed by atoms with Crippen LogP contribution in [0, 0.1) is 6.92 Å². The lowest BCUT2D eigenvalue weighted by Gasteiger charge is -2.06. The van der Waals surface area contributed by atoms with Crippen molar-refractivity contribution in [3.63, 3.8) is 0 Å². The summed E-state index contributed by atoms with van der Waals surface area (Å²) in [6.45, 7) is 1.87. The molecule has 0 radical (unpaired) electrons. The summed E-state index contributed by atoms with van der Waals surface area (Å²) in [5, 5.41) is 9.68. The van der Waals surface area contributed by atoms with E-state index < -0.39 is 10.0 Å². The molecule has 0 heterocycles. The quantitative estimate of drug-likeness (QED) is 0.868. The number of rotatable bonds is 4. The maximum absolute atomic E-state index is 12.1. The second-order valence-electron chi connectivity index (χ2n) is 4.58. The standard InChI is InChI=1S/C15H14ClNO4S/c1-10-3-5-12(6-4-10)22(19,20)17-9-11-7-13(16)15(18)14(8-11)21-2/h3-9,18H,1-2H3/b17-9-. The fourth-order valence-corrected chi connectivity index (χ4v) is 2.81. The molecular formula is C15H14ClNO4S. The van der Waals surface area contributed by atoms with Crippen molar-refractivity contribution in [3.05, 3.63) is 52.5 Å². The van der Waals surface area contributed by atoms with Gasteiger partial charge in [0.1, 0.15) is 0 Å². The topological polar surface area (TPSA) is 76.0 Å². The van der Waals surface area contributed by atoms with E-state index in [9.17, 15) is 13.5 Å². The van der Waals surface area contributed by atoms with Gasteiger partial charge in [-0.1, -0.05) is 29.3 Å². The minimum Gasteiger partial charge on any atom is -0.503 e. The minimum atomic E-state index is -3.79. The highest BCUT2D eigenvalue weighted by Gasteiger charge is 2.12. The Balaban J connectivity index is 2.35. The van der Waals surface area contributed by atoms with Crippen molar-refractivity contribution in [1.29, 1.82) is 0 Å². The van der Waals surface area contributed by atoms with Crippen molar-refractivity contribution >= 4 is 27.8 Å². The summed E-state index contributed by atoms with van der Waals surface area (Å²) in [5.41, 5.74) is 1.35. The van der Waals surface area contributed by atoms with Crippen LogP contribution in [0.3, 0.4) is 0 Å². The first-order valence-electron chi connectivity index (χ1n) is 6.27. The monoisotopic (exact) mass is 339 g/mol. The molecule has 0 unspecified atom stereocenters. The third-order valence-electron chi connectivity index (χ3n) is 2.93. The van der Waals surface area contributed by atoms with Crippen LogP contribution in [0.25, 0.3) is 0 Å². The number of aromatic hydroxyl groups is 1. The van der Waals surface area contributed by atoms with Crippen LogP contribution in [0.4, 0.5) is 0 Å². The highest BCUT2D eigenvalue weighted by Crippen LogP contribution is 2.34. The number of phenols is 1. The number of halogens is 1. The van der Waals surface area contributed by atoms with Gasteiger partial charge in [0.2, 0.25) is 0 Å². The van der Waals surface area contributed by atoms with E-state index in [1.165, 1.54) is 31.4 Å².